The summed E-state index contributed by atoms with van der Waals surface area (Å²) in [7, 11) is 1.41. The highest BCUT2D eigenvalue weighted by atomic mass is 35.5. The fourth-order valence-electron chi connectivity index (χ4n) is 1.84. The van der Waals surface area contributed by atoms with E-state index in [-0.39, 0.29) is 22.2 Å². The van der Waals surface area contributed by atoms with Crippen LogP contribution < -0.4 is 10.1 Å². The zero-order valence-electron chi connectivity index (χ0n) is 13.2. The number of hydrogen-bond acceptors (Lipinski definition) is 5. The fraction of sp³-hybridized carbons (Fsp3) is 0.188. The number of anilines is 1. The number of carbonyl (C=O) groups is 2. The Balaban J connectivity index is 2.08. The molecule has 2 aromatic rings. The Labute approximate surface area is 159 Å². The number of methoxy groups -OCH3 is 1. The van der Waals surface area contributed by atoms with Crippen LogP contribution in [0.1, 0.15) is 17.3 Å². The lowest BCUT2D eigenvalue weighted by atomic mass is 10.2. The maximum Gasteiger partial charge on any atom is 0.342 e. The minimum absolute atomic E-state index is 0.109. The van der Waals surface area contributed by atoms with Crippen molar-refractivity contribution in [3.05, 3.63) is 51.1 Å². The van der Waals surface area contributed by atoms with Crippen molar-refractivity contribution in [2.24, 2.45) is 0 Å². The highest BCUT2D eigenvalue weighted by molar-refractivity contribution is 6.36. The van der Waals surface area contributed by atoms with Crippen LogP contribution in [0.2, 0.25) is 15.1 Å². The van der Waals surface area contributed by atoms with Crippen molar-refractivity contribution < 1.29 is 19.1 Å². The first-order valence-electron chi connectivity index (χ1n) is 6.98. The van der Waals surface area contributed by atoms with Crippen LogP contribution in [0, 0.1) is 0 Å². The lowest BCUT2D eigenvalue weighted by Crippen LogP contribution is -2.30. The number of nitrogens with one attached hydrogen (secondary N) is 1. The van der Waals surface area contributed by atoms with Crippen LogP contribution in [0.5, 0.6) is 5.75 Å². The molecule has 1 aromatic heterocycles. The second-order valence-corrected chi connectivity index (χ2v) is 6.15. The maximum absolute atomic E-state index is 12.3. The van der Waals surface area contributed by atoms with E-state index in [1.807, 2.05) is 0 Å². The lowest BCUT2D eigenvalue weighted by molar-refractivity contribution is -0.123. The highest BCUT2D eigenvalue weighted by Gasteiger charge is 2.22. The van der Waals surface area contributed by atoms with Crippen molar-refractivity contribution in [3.63, 3.8) is 0 Å². The van der Waals surface area contributed by atoms with Crippen molar-refractivity contribution in [2.45, 2.75) is 13.0 Å². The Hall–Kier alpha value is -2.02. The molecule has 1 N–H and O–H groups in total. The monoisotopic (exact) mass is 402 g/mol. The van der Waals surface area contributed by atoms with Crippen molar-refractivity contribution in [3.8, 4) is 5.75 Å². The molecule has 0 fully saturated rings. The second-order valence-electron chi connectivity index (χ2n) is 4.87. The number of hydrogen-bond donors (Lipinski definition) is 1. The Morgan fingerprint density at radius 3 is 2.52 bits per heavy atom. The average Bonchev–Trinajstić information content (AvgIpc) is 2.57. The van der Waals surface area contributed by atoms with Crippen molar-refractivity contribution in [1.29, 1.82) is 0 Å². The number of carbonyl (C=O) groups excluding carboxylic acids is 2. The number of rotatable bonds is 5. The summed E-state index contributed by atoms with van der Waals surface area (Å²) >= 11 is 17.6. The number of pyridine rings is 1. The number of halogens is 3. The molecular weight excluding hydrogens is 391 g/mol. The second kappa shape index (κ2) is 8.38. The van der Waals surface area contributed by atoms with Gasteiger partial charge in [-0.3, -0.25) is 4.79 Å². The van der Waals surface area contributed by atoms with Gasteiger partial charge in [0.15, 0.2) is 11.9 Å². The van der Waals surface area contributed by atoms with Crippen LogP contribution in [0.4, 0.5) is 5.82 Å². The van der Waals surface area contributed by atoms with Gasteiger partial charge < -0.3 is 14.8 Å². The predicted octanol–water partition coefficient (Wildman–Crippen LogP) is 4.23. The molecule has 0 saturated heterocycles. The standard InChI is InChI=1S/C16H13Cl3N2O4/c1-8(15(22)21-14-12(19)6-10(18)7-20-14)25-16(23)11-5-9(17)3-4-13(11)24-2/h3-8H,1-2H3,(H,20,21,22). The third-order valence-corrected chi connectivity index (χ3v) is 3.81. The van der Waals surface area contributed by atoms with E-state index in [0.717, 1.165) is 0 Å². The minimum atomic E-state index is -1.11. The molecule has 1 atom stereocenters. The Kier molecular flexibility index (Phi) is 6.47. The number of esters is 1. The molecule has 9 heteroatoms. The Morgan fingerprint density at radius 2 is 1.88 bits per heavy atom. The van der Waals surface area contributed by atoms with Crippen LogP contribution in [-0.2, 0) is 9.53 Å². The molecule has 0 aliphatic heterocycles. The van der Waals surface area contributed by atoms with E-state index in [1.165, 1.54) is 38.4 Å². The first kappa shape index (κ1) is 19.3. The predicted molar refractivity (Wildman–Crippen MR) is 95.8 cm³/mol. The van der Waals surface area contributed by atoms with E-state index in [0.29, 0.717) is 10.0 Å². The first-order valence-corrected chi connectivity index (χ1v) is 8.11. The zero-order chi connectivity index (χ0) is 18.6. The molecule has 0 bridgehead atoms. The zero-order valence-corrected chi connectivity index (χ0v) is 15.4. The molecule has 6 nitrogen and oxygen atoms in total. The molecule has 1 heterocycles. The summed E-state index contributed by atoms with van der Waals surface area (Å²) in [6, 6.07) is 5.92. The van der Waals surface area contributed by atoms with Gasteiger partial charge >= 0.3 is 5.97 Å². The number of ether oxygens (including phenoxy) is 2. The van der Waals surface area contributed by atoms with E-state index in [4.69, 9.17) is 44.3 Å². The van der Waals surface area contributed by atoms with E-state index < -0.39 is 18.0 Å². The molecule has 1 unspecified atom stereocenters. The number of benzene rings is 1. The van der Waals surface area contributed by atoms with Gasteiger partial charge in [-0.2, -0.15) is 0 Å². The average molecular weight is 404 g/mol. The lowest BCUT2D eigenvalue weighted by Gasteiger charge is -2.15. The summed E-state index contributed by atoms with van der Waals surface area (Å²) in [5, 5.41) is 3.29. The maximum atomic E-state index is 12.3. The normalized spacial score (nSPS) is 11.6. The molecule has 0 aliphatic carbocycles. The van der Waals surface area contributed by atoms with Gasteiger partial charge in [-0.15, -0.1) is 0 Å². The van der Waals surface area contributed by atoms with Gasteiger partial charge in [-0.1, -0.05) is 34.8 Å². The van der Waals surface area contributed by atoms with E-state index in [1.54, 1.807) is 6.07 Å². The van der Waals surface area contributed by atoms with Crippen LogP contribution >= 0.6 is 34.8 Å². The molecule has 0 saturated carbocycles. The highest BCUT2D eigenvalue weighted by Crippen LogP contribution is 2.25. The fourth-order valence-corrected chi connectivity index (χ4v) is 2.44. The van der Waals surface area contributed by atoms with Gasteiger partial charge in [0, 0.05) is 11.2 Å². The smallest absolute Gasteiger partial charge is 0.342 e. The largest absolute Gasteiger partial charge is 0.496 e. The van der Waals surface area contributed by atoms with E-state index in [9.17, 15) is 9.59 Å². The van der Waals surface area contributed by atoms with Crippen LogP contribution in [0.15, 0.2) is 30.5 Å². The number of aromatic nitrogens is 1. The molecule has 0 aliphatic rings. The summed E-state index contributed by atoms with van der Waals surface area (Å²) in [6.45, 7) is 1.41. The molecule has 1 aromatic carbocycles. The summed E-state index contributed by atoms with van der Waals surface area (Å²) in [5.41, 5.74) is 0.109. The van der Waals surface area contributed by atoms with Gasteiger partial charge in [0.25, 0.3) is 5.91 Å². The summed E-state index contributed by atoms with van der Waals surface area (Å²) in [6.07, 6.45) is 0.223. The van der Waals surface area contributed by atoms with Crippen molar-refractivity contribution in [2.75, 3.05) is 12.4 Å². The van der Waals surface area contributed by atoms with E-state index >= 15 is 0 Å². The molecule has 0 radical (unpaired) electrons. The quantitative estimate of drug-likeness (QED) is 0.756. The van der Waals surface area contributed by atoms with Crippen molar-refractivity contribution >= 4 is 52.5 Å². The minimum Gasteiger partial charge on any atom is -0.496 e. The molecule has 1 amide bonds. The molecule has 25 heavy (non-hydrogen) atoms. The van der Waals surface area contributed by atoms with Gasteiger partial charge in [0.1, 0.15) is 11.3 Å². The molecule has 2 rings (SSSR count). The SMILES string of the molecule is COc1ccc(Cl)cc1C(=O)OC(C)C(=O)Nc1ncc(Cl)cc1Cl. The van der Waals surface area contributed by atoms with Gasteiger partial charge in [-0.25, -0.2) is 9.78 Å². The Morgan fingerprint density at radius 1 is 1.16 bits per heavy atom. The van der Waals surface area contributed by atoms with Crippen LogP contribution in [0.25, 0.3) is 0 Å². The molecule has 132 valence electrons. The summed E-state index contributed by atoms with van der Waals surface area (Å²) in [5.74, 6) is -0.966. The first-order chi connectivity index (χ1) is 11.8. The van der Waals surface area contributed by atoms with Gasteiger partial charge in [-0.05, 0) is 31.2 Å². The number of nitrogens with zero attached hydrogens (tertiary/aromatic N) is 1. The van der Waals surface area contributed by atoms with Gasteiger partial charge in [0.2, 0.25) is 0 Å². The number of amides is 1. The molecule has 0 spiro atoms. The third-order valence-electron chi connectivity index (χ3n) is 3.08. The van der Waals surface area contributed by atoms with Crippen LogP contribution in [0.3, 0.4) is 0 Å². The van der Waals surface area contributed by atoms with Crippen molar-refractivity contribution in [1.82, 2.24) is 4.98 Å². The van der Waals surface area contributed by atoms with Crippen LogP contribution in [-0.4, -0.2) is 30.1 Å². The Bertz CT molecular complexity index is 814. The molecular formula is C16H13Cl3N2O4. The summed E-state index contributed by atoms with van der Waals surface area (Å²) in [4.78, 5) is 28.3. The third kappa shape index (κ3) is 4.98. The summed E-state index contributed by atoms with van der Waals surface area (Å²) < 4.78 is 10.2. The van der Waals surface area contributed by atoms with Gasteiger partial charge in [0.05, 0.1) is 17.2 Å². The topological polar surface area (TPSA) is 77.5 Å². The van der Waals surface area contributed by atoms with E-state index in [2.05, 4.69) is 10.3 Å².